The van der Waals surface area contributed by atoms with Crippen LogP contribution in [0.4, 0.5) is 4.79 Å². The summed E-state index contributed by atoms with van der Waals surface area (Å²) in [6.45, 7) is 0.733. The molecule has 13 heteroatoms. The van der Waals surface area contributed by atoms with Gasteiger partial charge >= 0.3 is 6.09 Å². The van der Waals surface area contributed by atoms with Gasteiger partial charge in [0.25, 0.3) is 5.89 Å². The molecule has 1 aliphatic carbocycles. The summed E-state index contributed by atoms with van der Waals surface area (Å²) >= 11 is 6.09. The SMILES string of the molecule is NCCCC[C@H](NC(=O)[C@@H]1C[C@@H](OCc2ccc(Cl)cc2)CN1C(=O)[C@@H](CC=Cc1ccccc1)NC(=O)OC1CCCCC1)C(=O)c1nc2ccccc2o1. The fourth-order valence-electron chi connectivity index (χ4n) is 7.20. The molecule has 1 aromatic heterocycles. The number of aromatic nitrogens is 1. The molecular formula is C43H50ClN5O7. The third-order valence-corrected chi connectivity index (χ3v) is 10.5. The highest BCUT2D eigenvalue weighted by Gasteiger charge is 2.43. The third kappa shape index (κ3) is 11.3. The van der Waals surface area contributed by atoms with E-state index in [1.807, 2.05) is 54.6 Å². The Kier molecular flexibility index (Phi) is 14.7. The molecule has 0 unspecified atom stereocenters. The minimum absolute atomic E-state index is 0.0830. The number of Topliss-reactive ketones (excluding diaryl/α,β-unsaturated/α-hetero) is 1. The first-order valence-corrected chi connectivity index (χ1v) is 19.9. The van der Waals surface area contributed by atoms with Crippen molar-refractivity contribution >= 4 is 52.5 Å². The normalized spacial score (nSPS) is 18.5. The van der Waals surface area contributed by atoms with E-state index in [-0.39, 0.29) is 38.0 Å². The molecule has 3 amide bonds. The topological polar surface area (TPSA) is 166 Å². The predicted octanol–water partition coefficient (Wildman–Crippen LogP) is 7.00. The number of ketones is 1. The summed E-state index contributed by atoms with van der Waals surface area (Å²) < 4.78 is 17.8. The smallest absolute Gasteiger partial charge is 0.408 e. The van der Waals surface area contributed by atoms with Crippen LogP contribution in [-0.4, -0.2) is 77.0 Å². The molecule has 3 aromatic carbocycles. The summed E-state index contributed by atoms with van der Waals surface area (Å²) in [6, 6.07) is 20.9. The minimum Gasteiger partial charge on any atom is -0.446 e. The Labute approximate surface area is 332 Å². The van der Waals surface area contributed by atoms with Crippen molar-refractivity contribution in [3.05, 3.63) is 107 Å². The lowest BCUT2D eigenvalue weighted by atomic mass is 9.98. The molecule has 1 aliphatic heterocycles. The number of ether oxygens (including phenoxy) is 2. The minimum atomic E-state index is -1.04. The van der Waals surface area contributed by atoms with E-state index in [1.54, 1.807) is 36.4 Å². The van der Waals surface area contributed by atoms with E-state index in [4.69, 9.17) is 31.2 Å². The Hall–Kier alpha value is -5.04. The van der Waals surface area contributed by atoms with Gasteiger partial charge < -0.3 is 35.2 Å². The maximum atomic E-state index is 14.6. The number of halogens is 1. The number of benzene rings is 3. The summed E-state index contributed by atoms with van der Waals surface area (Å²) in [5.41, 5.74) is 8.56. The van der Waals surface area contributed by atoms with Crippen LogP contribution in [0.1, 0.15) is 86.0 Å². The van der Waals surface area contributed by atoms with Gasteiger partial charge in [-0.15, -0.1) is 0 Å². The molecule has 56 heavy (non-hydrogen) atoms. The fourth-order valence-corrected chi connectivity index (χ4v) is 7.32. The second-order valence-corrected chi connectivity index (χ2v) is 14.8. The zero-order chi connectivity index (χ0) is 39.3. The number of amides is 3. The molecule has 296 valence electrons. The molecule has 4 N–H and O–H groups in total. The Morgan fingerprint density at radius 2 is 1.66 bits per heavy atom. The highest BCUT2D eigenvalue weighted by Crippen LogP contribution is 2.26. The van der Waals surface area contributed by atoms with Crippen molar-refractivity contribution in [1.82, 2.24) is 20.5 Å². The number of oxazole rings is 1. The Morgan fingerprint density at radius 1 is 0.911 bits per heavy atom. The van der Waals surface area contributed by atoms with Crippen LogP contribution in [0.5, 0.6) is 0 Å². The van der Waals surface area contributed by atoms with Crippen molar-refractivity contribution in [2.75, 3.05) is 13.1 Å². The van der Waals surface area contributed by atoms with E-state index < -0.39 is 47.9 Å². The highest BCUT2D eigenvalue weighted by atomic mass is 35.5. The number of carbonyl (C=O) groups is 4. The van der Waals surface area contributed by atoms with Crippen LogP contribution in [0.2, 0.25) is 5.02 Å². The maximum absolute atomic E-state index is 14.6. The fraction of sp³-hybridized carbons (Fsp3) is 0.419. The van der Waals surface area contributed by atoms with Crippen LogP contribution in [0, 0.1) is 0 Å². The second-order valence-electron chi connectivity index (χ2n) is 14.4. The van der Waals surface area contributed by atoms with Gasteiger partial charge in [0.15, 0.2) is 5.58 Å². The van der Waals surface area contributed by atoms with Crippen LogP contribution in [0.15, 0.2) is 89.4 Å². The second kappa shape index (κ2) is 20.2. The molecule has 4 aromatic rings. The number of fused-ring (bicyclic) bond motifs is 1. The number of rotatable bonds is 17. The van der Waals surface area contributed by atoms with Crippen molar-refractivity contribution in [3.63, 3.8) is 0 Å². The van der Waals surface area contributed by atoms with E-state index in [2.05, 4.69) is 15.6 Å². The van der Waals surface area contributed by atoms with Gasteiger partial charge in [-0.2, -0.15) is 0 Å². The summed E-state index contributed by atoms with van der Waals surface area (Å²) in [7, 11) is 0. The molecule has 0 spiro atoms. The number of hydrogen-bond donors (Lipinski definition) is 3. The molecule has 6 rings (SSSR count). The quantitative estimate of drug-likeness (QED) is 0.0756. The van der Waals surface area contributed by atoms with Gasteiger partial charge in [-0.25, -0.2) is 9.78 Å². The van der Waals surface area contributed by atoms with Crippen LogP contribution >= 0.6 is 11.6 Å². The first-order valence-electron chi connectivity index (χ1n) is 19.5. The zero-order valence-electron chi connectivity index (χ0n) is 31.4. The lowest BCUT2D eigenvalue weighted by Crippen LogP contribution is -2.55. The van der Waals surface area contributed by atoms with Gasteiger partial charge in [-0.1, -0.05) is 84.8 Å². The molecule has 0 bridgehead atoms. The first-order chi connectivity index (χ1) is 27.3. The summed E-state index contributed by atoms with van der Waals surface area (Å²) in [5, 5.41) is 6.34. The van der Waals surface area contributed by atoms with Crippen molar-refractivity contribution in [1.29, 1.82) is 0 Å². The lowest BCUT2D eigenvalue weighted by Gasteiger charge is -2.29. The first kappa shape index (κ1) is 40.6. The number of hydrogen-bond acceptors (Lipinski definition) is 9. The Bertz CT molecular complexity index is 1910. The zero-order valence-corrected chi connectivity index (χ0v) is 32.2. The summed E-state index contributed by atoms with van der Waals surface area (Å²) in [6.07, 6.45) is 8.69. The van der Waals surface area contributed by atoms with Crippen molar-refractivity contribution in [3.8, 4) is 0 Å². The average molecular weight is 784 g/mol. The number of unbranched alkanes of at least 4 members (excludes halogenated alkanes) is 1. The van der Waals surface area contributed by atoms with Crippen LogP contribution in [0.25, 0.3) is 17.2 Å². The molecule has 1 saturated heterocycles. The number of nitrogens with zero attached hydrogens (tertiary/aromatic N) is 2. The number of nitrogens with two attached hydrogens (primary N) is 1. The molecule has 1 saturated carbocycles. The van der Waals surface area contributed by atoms with Gasteiger partial charge in [0.05, 0.1) is 18.8 Å². The van der Waals surface area contributed by atoms with Gasteiger partial charge in [-0.05, 0) is 93.3 Å². The number of likely N-dealkylation sites (tertiary alicyclic amines) is 1. The third-order valence-electron chi connectivity index (χ3n) is 10.2. The molecule has 2 fully saturated rings. The van der Waals surface area contributed by atoms with E-state index in [0.29, 0.717) is 41.9 Å². The lowest BCUT2D eigenvalue weighted by molar-refractivity contribution is -0.140. The number of nitrogens with one attached hydrogen (secondary N) is 2. The van der Waals surface area contributed by atoms with Gasteiger partial charge in [0, 0.05) is 18.0 Å². The van der Waals surface area contributed by atoms with E-state index >= 15 is 0 Å². The molecule has 12 nitrogen and oxygen atoms in total. The van der Waals surface area contributed by atoms with E-state index in [1.165, 1.54) is 4.90 Å². The standard InChI is InChI=1S/C43H50ClN5O7/c44-31-23-21-30(22-24-31)28-54-33-26-37(40(51)46-35(18-9-10-25-45)39(50)41-47-34-17-7-8-20-38(34)56-41)49(27-33)42(52)36(19-11-14-29-12-3-1-4-13-29)48-43(53)55-32-15-5-2-6-16-32/h1,3-4,7-8,11-14,17,20-24,32-33,35-37H,2,5-6,9-10,15-16,18-19,25-28,45H2,(H,46,51)(H,48,53)/t33-,35+,36-,37+/m1/s1. The largest absolute Gasteiger partial charge is 0.446 e. The van der Waals surface area contributed by atoms with Crippen LogP contribution < -0.4 is 16.4 Å². The highest BCUT2D eigenvalue weighted by molar-refractivity contribution is 6.30. The van der Waals surface area contributed by atoms with E-state index in [0.717, 1.165) is 43.2 Å². The average Bonchev–Trinajstić information content (AvgIpc) is 3.85. The van der Waals surface area contributed by atoms with Gasteiger partial charge in [0.1, 0.15) is 23.7 Å². The Balaban J connectivity index is 1.24. The summed E-state index contributed by atoms with van der Waals surface area (Å²) in [5.74, 6) is -1.58. The number of alkyl carbamates (subject to hydrolysis) is 1. The molecule has 0 radical (unpaired) electrons. The molecule has 2 heterocycles. The number of carbonyl (C=O) groups excluding carboxylic acids is 4. The molecular weight excluding hydrogens is 734 g/mol. The van der Waals surface area contributed by atoms with Crippen LogP contribution in [0.3, 0.4) is 0 Å². The van der Waals surface area contributed by atoms with Crippen molar-refractivity contribution in [2.45, 2.75) is 101 Å². The summed E-state index contributed by atoms with van der Waals surface area (Å²) in [4.78, 5) is 61.9. The van der Waals surface area contributed by atoms with Gasteiger partial charge in [0.2, 0.25) is 17.6 Å². The van der Waals surface area contributed by atoms with Crippen molar-refractivity contribution < 1.29 is 33.1 Å². The predicted molar refractivity (Wildman–Crippen MR) is 214 cm³/mol. The van der Waals surface area contributed by atoms with Crippen molar-refractivity contribution in [2.24, 2.45) is 5.73 Å². The Morgan fingerprint density at radius 3 is 2.41 bits per heavy atom. The van der Waals surface area contributed by atoms with Gasteiger partial charge in [-0.3, -0.25) is 14.4 Å². The monoisotopic (exact) mass is 783 g/mol. The number of para-hydroxylation sites is 2. The molecule has 4 atom stereocenters. The van der Waals surface area contributed by atoms with E-state index in [9.17, 15) is 19.2 Å². The molecule has 2 aliphatic rings. The van der Waals surface area contributed by atoms with Crippen LogP contribution in [-0.2, 0) is 25.7 Å². The maximum Gasteiger partial charge on any atom is 0.408 e.